The average Bonchev–Trinajstić information content (AvgIpc) is 3.25. The number of nitrogens with zero attached hydrogens (tertiary/aromatic N) is 6. The summed E-state index contributed by atoms with van der Waals surface area (Å²) in [6, 6.07) is 0.917. The maximum absolute atomic E-state index is 13.0. The molecule has 3 aromatic rings. The highest BCUT2D eigenvalue weighted by molar-refractivity contribution is 6.01. The summed E-state index contributed by atoms with van der Waals surface area (Å²) in [6.45, 7) is 0. The molecule has 0 atom stereocenters. The van der Waals surface area contributed by atoms with Gasteiger partial charge in [-0.15, -0.1) is 5.10 Å². The van der Waals surface area contributed by atoms with Crippen LogP contribution in [0.25, 0.3) is 17.6 Å². The maximum Gasteiger partial charge on any atom is 0.416 e. The number of halogens is 6. The van der Waals surface area contributed by atoms with Gasteiger partial charge in [-0.2, -0.15) is 26.3 Å². The summed E-state index contributed by atoms with van der Waals surface area (Å²) in [7, 11) is 0. The van der Waals surface area contributed by atoms with Gasteiger partial charge >= 0.3 is 12.4 Å². The van der Waals surface area contributed by atoms with Crippen molar-refractivity contribution in [2.75, 3.05) is 0 Å². The maximum atomic E-state index is 13.0. The molecule has 3 rings (SSSR count). The van der Waals surface area contributed by atoms with Crippen LogP contribution >= 0.6 is 0 Å². The molecule has 0 aliphatic rings. The highest BCUT2D eigenvalue weighted by atomic mass is 19.4. The van der Waals surface area contributed by atoms with Gasteiger partial charge in [-0.25, -0.2) is 20.5 Å². The van der Waals surface area contributed by atoms with Crippen molar-refractivity contribution in [3.05, 3.63) is 66.0 Å². The molecule has 0 saturated carbocycles. The predicted molar refractivity (Wildman–Crippen MR) is 103 cm³/mol. The average molecular weight is 485 g/mol. The Bertz CT molecular complexity index is 1190. The van der Waals surface area contributed by atoms with Crippen LogP contribution in [-0.4, -0.2) is 41.6 Å². The van der Waals surface area contributed by atoms with Crippen LogP contribution in [0.4, 0.5) is 26.3 Å². The van der Waals surface area contributed by atoms with Crippen molar-refractivity contribution < 1.29 is 35.9 Å². The highest BCUT2D eigenvalue weighted by Gasteiger charge is 2.37. The van der Waals surface area contributed by atoms with Gasteiger partial charge in [-0.3, -0.25) is 19.6 Å². The fourth-order valence-electron chi connectivity index (χ4n) is 2.57. The molecule has 1 aromatic carbocycles. The van der Waals surface area contributed by atoms with Crippen molar-refractivity contribution in [1.82, 2.24) is 29.7 Å². The van der Waals surface area contributed by atoms with Crippen LogP contribution in [0.5, 0.6) is 0 Å². The second kappa shape index (κ2) is 9.38. The van der Waals surface area contributed by atoms with Crippen molar-refractivity contribution in [1.29, 1.82) is 0 Å². The van der Waals surface area contributed by atoms with E-state index in [1.807, 2.05) is 0 Å². The summed E-state index contributed by atoms with van der Waals surface area (Å²) in [5.74, 6) is 3.21. The summed E-state index contributed by atoms with van der Waals surface area (Å²) in [6.07, 6.45) is -3.63. The SMILES string of the molecule is NN(C(=O)/C=C\n1cnc(-c2cc(C(F)(F)F)cc(C(F)(F)F)c2)n1)C(=O)Cc1cnccn1. The Balaban J connectivity index is 1.77. The molecule has 0 radical (unpaired) electrons. The van der Waals surface area contributed by atoms with Crippen LogP contribution in [0.1, 0.15) is 16.8 Å². The highest BCUT2D eigenvalue weighted by Crippen LogP contribution is 2.38. The molecule has 0 unspecified atom stereocenters. The Morgan fingerprint density at radius 1 is 1.00 bits per heavy atom. The number of nitrogens with two attached hydrogens (primary N) is 1. The first-order chi connectivity index (χ1) is 15.8. The number of aromatic nitrogens is 5. The van der Waals surface area contributed by atoms with Crippen LogP contribution in [0.15, 0.2) is 49.2 Å². The van der Waals surface area contributed by atoms with Gasteiger partial charge in [0.05, 0.1) is 23.2 Å². The first-order valence-corrected chi connectivity index (χ1v) is 9.10. The Labute approximate surface area is 186 Å². The molecule has 2 amide bonds. The van der Waals surface area contributed by atoms with Gasteiger partial charge in [0, 0.05) is 36.4 Å². The molecule has 2 heterocycles. The summed E-state index contributed by atoms with van der Waals surface area (Å²) >= 11 is 0. The smallest absolute Gasteiger partial charge is 0.273 e. The third-order valence-electron chi connectivity index (χ3n) is 4.18. The molecule has 178 valence electrons. The van der Waals surface area contributed by atoms with E-state index in [1.54, 1.807) is 0 Å². The van der Waals surface area contributed by atoms with E-state index in [0.717, 1.165) is 23.3 Å². The van der Waals surface area contributed by atoms with Gasteiger partial charge in [-0.1, -0.05) is 0 Å². The Hall–Kier alpha value is -4.14. The molecule has 0 aliphatic heterocycles. The summed E-state index contributed by atoms with van der Waals surface area (Å²) in [5, 5.41) is 4.04. The molecule has 15 heteroatoms. The fourth-order valence-corrected chi connectivity index (χ4v) is 2.57. The molecule has 0 bridgehead atoms. The minimum Gasteiger partial charge on any atom is -0.273 e. The molecular weight excluding hydrogens is 472 g/mol. The van der Waals surface area contributed by atoms with E-state index in [-0.39, 0.29) is 18.2 Å². The lowest BCUT2D eigenvalue weighted by Gasteiger charge is -2.13. The van der Waals surface area contributed by atoms with Gasteiger partial charge in [0.25, 0.3) is 5.91 Å². The van der Waals surface area contributed by atoms with Gasteiger partial charge in [0.15, 0.2) is 5.82 Å². The lowest BCUT2D eigenvalue weighted by Crippen LogP contribution is -2.42. The third kappa shape index (κ3) is 6.00. The van der Waals surface area contributed by atoms with Gasteiger partial charge in [0.1, 0.15) is 6.33 Å². The number of carbonyl (C=O) groups is 2. The van der Waals surface area contributed by atoms with E-state index in [1.165, 1.54) is 18.6 Å². The van der Waals surface area contributed by atoms with Crippen molar-refractivity contribution in [3.8, 4) is 11.4 Å². The lowest BCUT2D eigenvalue weighted by molar-refractivity contribution is -0.144. The Kier molecular flexibility index (Phi) is 6.76. The minimum atomic E-state index is -5.03. The number of hydrogen-bond donors (Lipinski definition) is 1. The van der Waals surface area contributed by atoms with E-state index < -0.39 is 46.7 Å². The third-order valence-corrected chi connectivity index (χ3v) is 4.18. The van der Waals surface area contributed by atoms with Crippen molar-refractivity contribution in [2.24, 2.45) is 5.84 Å². The van der Waals surface area contributed by atoms with E-state index in [9.17, 15) is 35.9 Å². The van der Waals surface area contributed by atoms with Gasteiger partial charge in [-0.05, 0) is 18.2 Å². The van der Waals surface area contributed by atoms with Gasteiger partial charge in [0.2, 0.25) is 5.91 Å². The number of benzene rings is 1. The second-order valence-electron chi connectivity index (χ2n) is 6.63. The Morgan fingerprint density at radius 3 is 2.21 bits per heavy atom. The van der Waals surface area contributed by atoms with E-state index in [0.29, 0.717) is 17.1 Å². The molecule has 0 fully saturated rings. The topological polar surface area (TPSA) is 120 Å². The van der Waals surface area contributed by atoms with E-state index >= 15 is 0 Å². The summed E-state index contributed by atoms with van der Waals surface area (Å²) in [4.78, 5) is 35.4. The second-order valence-corrected chi connectivity index (χ2v) is 6.63. The number of rotatable bonds is 5. The zero-order valence-corrected chi connectivity index (χ0v) is 16.7. The number of carbonyl (C=O) groups excluding carboxylic acids is 2. The van der Waals surface area contributed by atoms with E-state index in [4.69, 9.17) is 5.84 Å². The molecule has 0 spiro atoms. The van der Waals surface area contributed by atoms with Crippen molar-refractivity contribution >= 4 is 18.0 Å². The van der Waals surface area contributed by atoms with Crippen LogP contribution in [0.3, 0.4) is 0 Å². The zero-order valence-electron chi connectivity index (χ0n) is 16.7. The van der Waals surface area contributed by atoms with Crippen LogP contribution in [-0.2, 0) is 28.4 Å². The quantitative estimate of drug-likeness (QED) is 0.194. The minimum absolute atomic E-state index is 0.0209. The molecule has 2 aromatic heterocycles. The van der Waals surface area contributed by atoms with Crippen LogP contribution < -0.4 is 5.84 Å². The van der Waals surface area contributed by atoms with Crippen molar-refractivity contribution in [3.63, 3.8) is 0 Å². The molecule has 0 saturated heterocycles. The van der Waals surface area contributed by atoms with Crippen molar-refractivity contribution in [2.45, 2.75) is 18.8 Å². The standard InChI is InChI=1S/C19H13F6N7O2/c20-18(21,22)12-5-11(6-13(7-12)19(23,24)25)17-29-10-31(30-17)4-1-15(33)32(26)16(34)8-14-9-27-2-3-28-14/h1-7,9-10H,8,26H2/b4-1-. The monoisotopic (exact) mass is 485 g/mol. The Morgan fingerprint density at radius 2 is 1.65 bits per heavy atom. The number of imide groups is 1. The number of hydrogen-bond acceptors (Lipinski definition) is 7. The molecule has 34 heavy (non-hydrogen) atoms. The predicted octanol–water partition coefficient (Wildman–Crippen LogP) is 2.71. The largest absolute Gasteiger partial charge is 0.416 e. The molecule has 0 aliphatic carbocycles. The van der Waals surface area contributed by atoms with Crippen LogP contribution in [0, 0.1) is 0 Å². The molecular formula is C19H13F6N7O2. The summed E-state index contributed by atoms with van der Waals surface area (Å²) < 4.78 is 79.0. The number of hydrazine groups is 1. The fraction of sp³-hybridized carbons (Fsp3) is 0.158. The van der Waals surface area contributed by atoms with Gasteiger partial charge < -0.3 is 0 Å². The first-order valence-electron chi connectivity index (χ1n) is 9.10. The number of alkyl halides is 6. The normalized spacial score (nSPS) is 12.2. The number of amides is 2. The van der Waals surface area contributed by atoms with E-state index in [2.05, 4.69) is 20.1 Å². The summed E-state index contributed by atoms with van der Waals surface area (Å²) in [5.41, 5.74) is -3.33. The first kappa shape index (κ1) is 24.5. The zero-order chi connectivity index (χ0) is 25.1. The van der Waals surface area contributed by atoms with Crippen LogP contribution in [0.2, 0.25) is 0 Å². The lowest BCUT2D eigenvalue weighted by atomic mass is 10.0. The molecule has 9 nitrogen and oxygen atoms in total. The molecule has 2 N–H and O–H groups in total.